The molecule has 0 spiro atoms. The predicted octanol–water partition coefficient (Wildman–Crippen LogP) is 17.7. The zero-order chi connectivity index (χ0) is 53.7. The summed E-state index contributed by atoms with van der Waals surface area (Å²) in [6, 6.07) is 70.2. The number of hydrogen-bond acceptors (Lipinski definition) is 7. The van der Waals surface area contributed by atoms with Gasteiger partial charge in [-0.2, -0.15) is 10.5 Å². The van der Waals surface area contributed by atoms with Gasteiger partial charge in [-0.3, -0.25) is 0 Å². The van der Waals surface area contributed by atoms with Crippen LogP contribution in [0, 0.1) is 36.5 Å². The van der Waals surface area contributed by atoms with Crippen LogP contribution in [-0.2, 0) is 9.59 Å². The van der Waals surface area contributed by atoms with Gasteiger partial charge in [0.1, 0.15) is 23.3 Å². The molecule has 0 aliphatic rings. The van der Waals surface area contributed by atoms with E-state index in [0.29, 0.717) is 9.75 Å². The van der Waals surface area contributed by atoms with E-state index in [9.17, 15) is 19.8 Å². The fourth-order valence-electron chi connectivity index (χ4n) is 8.37. The quantitative estimate of drug-likeness (QED) is 0.0403. The van der Waals surface area contributed by atoms with Crippen LogP contribution >= 0.6 is 22.7 Å². The van der Waals surface area contributed by atoms with Gasteiger partial charge in [0, 0.05) is 36.6 Å². The summed E-state index contributed by atoms with van der Waals surface area (Å²) in [5.74, 6) is -2.48. The van der Waals surface area contributed by atoms with E-state index in [1.165, 1.54) is 46.0 Å². The maximum atomic E-state index is 11.3. The Morgan fingerprint density at radius 3 is 1.08 bits per heavy atom. The van der Waals surface area contributed by atoms with E-state index >= 15 is 0 Å². The molecule has 2 aromatic heterocycles. The third-order valence-corrected chi connectivity index (χ3v) is 14.7. The van der Waals surface area contributed by atoms with Gasteiger partial charge < -0.3 is 15.1 Å². The normalized spacial score (nSPS) is 11.7. The molecule has 0 aliphatic heterocycles. The summed E-state index contributed by atoms with van der Waals surface area (Å²) in [6.07, 6.45) is 17.6. The first-order valence-electron chi connectivity index (χ1n) is 24.6. The van der Waals surface area contributed by atoms with Gasteiger partial charge in [0.2, 0.25) is 0 Å². The molecule has 9 heteroatoms. The number of nitriles is 2. The van der Waals surface area contributed by atoms with E-state index in [1.54, 1.807) is 12.1 Å². The van der Waals surface area contributed by atoms with Crippen LogP contribution in [0.25, 0.3) is 69.0 Å². The van der Waals surface area contributed by atoms with Crippen LogP contribution in [0.5, 0.6) is 0 Å². The fraction of sp³-hybridized carbons (Fsp3) is 0.0294. The highest BCUT2D eigenvalue weighted by Gasteiger charge is 2.14. The molecule has 77 heavy (non-hydrogen) atoms. The van der Waals surface area contributed by atoms with Gasteiger partial charge >= 0.3 is 11.9 Å². The van der Waals surface area contributed by atoms with Gasteiger partial charge in [0.25, 0.3) is 0 Å². The highest BCUT2D eigenvalue weighted by Crippen LogP contribution is 2.37. The minimum Gasteiger partial charge on any atom is -0.477 e. The SMILES string of the molecule is Cc1ccc(C(=CC=Cc2ccc(N(c3ccc(C=Cc4ccc(-c5ccc(C=C(C#N)C(=O)O)s5)cc4)cc3)c3ccc(C=Cc4ccc(-c5ccc(C=C(C#N)C(=O)O)s5)cc4)cc3)cc2)c2ccc(C)cc2)cc1. The number of nitrogens with zero attached hydrogens (tertiary/aromatic N) is 3. The number of hydrogen-bond donors (Lipinski definition) is 2. The molecule has 0 unspecified atom stereocenters. The predicted molar refractivity (Wildman–Crippen MR) is 319 cm³/mol. The molecule has 0 amide bonds. The van der Waals surface area contributed by atoms with Crippen LogP contribution in [0.3, 0.4) is 0 Å². The number of rotatable bonds is 17. The first-order chi connectivity index (χ1) is 37.5. The Morgan fingerprint density at radius 2 is 0.753 bits per heavy atom. The monoisotopic (exact) mass is 1040 g/mol. The maximum absolute atomic E-state index is 11.3. The molecule has 0 bridgehead atoms. The van der Waals surface area contributed by atoms with Crippen molar-refractivity contribution in [3.05, 3.63) is 277 Å². The zero-order valence-corrected chi connectivity index (χ0v) is 43.7. The third kappa shape index (κ3) is 13.5. The largest absolute Gasteiger partial charge is 0.477 e. The number of carbonyl (C=O) groups is 2. The van der Waals surface area contributed by atoms with Crippen LogP contribution in [-0.4, -0.2) is 22.2 Å². The van der Waals surface area contributed by atoms with Gasteiger partial charge in [-0.1, -0.05) is 187 Å². The highest BCUT2D eigenvalue weighted by atomic mass is 32.1. The molecule has 0 radical (unpaired) electrons. The Morgan fingerprint density at radius 1 is 0.429 bits per heavy atom. The maximum Gasteiger partial charge on any atom is 0.346 e. The van der Waals surface area contributed by atoms with E-state index in [4.69, 9.17) is 10.5 Å². The average Bonchev–Trinajstić information content (AvgIpc) is 4.14. The molecule has 0 saturated carbocycles. The van der Waals surface area contributed by atoms with Crippen molar-refractivity contribution in [2.45, 2.75) is 13.8 Å². The summed E-state index contributed by atoms with van der Waals surface area (Å²) < 4.78 is 0. The lowest BCUT2D eigenvalue weighted by Crippen LogP contribution is -2.09. The number of carboxylic acid groups (broad SMARTS) is 2. The summed E-state index contributed by atoms with van der Waals surface area (Å²) >= 11 is 2.87. The molecule has 2 heterocycles. The van der Waals surface area contributed by atoms with Gasteiger partial charge in [0.05, 0.1) is 0 Å². The summed E-state index contributed by atoms with van der Waals surface area (Å²) in [5, 5.41) is 36.8. The second kappa shape index (κ2) is 24.4. The van der Waals surface area contributed by atoms with Crippen molar-refractivity contribution in [2.24, 2.45) is 0 Å². The van der Waals surface area contributed by atoms with Crippen LogP contribution in [0.2, 0.25) is 0 Å². The Kier molecular flexibility index (Phi) is 16.5. The lowest BCUT2D eigenvalue weighted by molar-refractivity contribution is -0.133. The number of aliphatic carboxylic acids is 2. The summed E-state index contributed by atoms with van der Waals surface area (Å²) in [6.45, 7) is 4.21. The molecule has 7 nitrogen and oxygen atoms in total. The van der Waals surface area contributed by atoms with Crippen molar-refractivity contribution in [1.82, 2.24) is 0 Å². The fourth-order valence-corrected chi connectivity index (χ4v) is 10.3. The van der Waals surface area contributed by atoms with Crippen molar-refractivity contribution < 1.29 is 19.8 Å². The summed E-state index contributed by atoms with van der Waals surface area (Å²) in [4.78, 5) is 28.2. The molecule has 2 N–H and O–H groups in total. The number of allylic oxidation sites excluding steroid dienone is 2. The minimum atomic E-state index is -1.24. The third-order valence-electron chi connectivity index (χ3n) is 12.6. The number of thiophene rings is 2. The first kappa shape index (κ1) is 52.0. The number of aryl methyl sites for hydroxylation is 2. The van der Waals surface area contributed by atoms with Crippen LogP contribution in [0.4, 0.5) is 17.1 Å². The van der Waals surface area contributed by atoms with Crippen LogP contribution in [0.1, 0.15) is 59.8 Å². The molecule has 9 aromatic rings. The smallest absolute Gasteiger partial charge is 0.346 e. The van der Waals surface area contributed by atoms with Crippen molar-refractivity contribution >= 4 is 99.8 Å². The summed E-state index contributed by atoms with van der Waals surface area (Å²) in [7, 11) is 0. The van der Waals surface area contributed by atoms with E-state index in [0.717, 1.165) is 82.5 Å². The average molecular weight is 1040 g/mol. The molecule has 7 aromatic carbocycles. The molecule has 0 aliphatic carbocycles. The number of carboxylic acids is 2. The van der Waals surface area contributed by atoms with Gasteiger partial charge in [-0.15, -0.1) is 22.7 Å². The molecule has 9 rings (SSSR count). The van der Waals surface area contributed by atoms with E-state index in [1.807, 2.05) is 72.8 Å². The Balaban J connectivity index is 0.944. The lowest BCUT2D eigenvalue weighted by atomic mass is 9.96. The number of anilines is 3. The van der Waals surface area contributed by atoms with Crippen molar-refractivity contribution in [3.8, 4) is 33.0 Å². The molecule has 372 valence electrons. The molecule has 0 fully saturated rings. The molecule has 0 atom stereocenters. The van der Waals surface area contributed by atoms with Gasteiger partial charge in [-0.05, 0) is 142 Å². The zero-order valence-electron chi connectivity index (χ0n) is 42.0. The Bertz CT molecular complexity index is 3620. The second-order valence-corrected chi connectivity index (χ2v) is 20.3. The van der Waals surface area contributed by atoms with E-state index in [2.05, 4.69) is 183 Å². The van der Waals surface area contributed by atoms with Crippen molar-refractivity contribution in [2.75, 3.05) is 4.90 Å². The molecular weight excluding hydrogens is 987 g/mol. The highest BCUT2D eigenvalue weighted by molar-refractivity contribution is 7.16. The molecular formula is C68H49N3O4S2. The summed E-state index contributed by atoms with van der Waals surface area (Å²) in [5.41, 5.74) is 15.6. The van der Waals surface area contributed by atoms with Gasteiger partial charge in [0.15, 0.2) is 0 Å². The first-order valence-corrected chi connectivity index (χ1v) is 26.2. The Labute approximate surface area is 456 Å². The minimum absolute atomic E-state index is 0.297. The lowest BCUT2D eigenvalue weighted by Gasteiger charge is -2.26. The van der Waals surface area contributed by atoms with E-state index < -0.39 is 11.9 Å². The van der Waals surface area contributed by atoms with Crippen LogP contribution in [0.15, 0.2) is 217 Å². The van der Waals surface area contributed by atoms with Gasteiger partial charge in [-0.25, -0.2) is 9.59 Å². The van der Waals surface area contributed by atoms with E-state index in [-0.39, 0.29) is 11.1 Å². The second-order valence-electron chi connectivity index (χ2n) is 18.0. The van der Waals surface area contributed by atoms with Crippen LogP contribution < -0.4 is 4.90 Å². The Hall–Kier alpha value is -9.90. The van der Waals surface area contributed by atoms with Crippen molar-refractivity contribution in [3.63, 3.8) is 0 Å². The standard InChI is InChI=1S/C68H49N3O4S2/c1-46-6-24-53(25-7-46)64(54-26-8-47(2)9-27-54)5-3-4-48-18-32-59(33-19-48)71(60-34-20-51(21-35-60)12-10-49-14-28-55(29-15-49)65-40-38-62(76-65)42-57(44-69)67(72)73)61-36-22-52(23-37-61)13-11-50-16-30-56(31-17-50)66-41-39-63(77-66)43-58(45-70)68(74)75/h3-43H,1-2H3,(H,72,73)(H,74,75). The van der Waals surface area contributed by atoms with Crippen molar-refractivity contribution in [1.29, 1.82) is 10.5 Å². The molecule has 0 saturated heterocycles. The topological polar surface area (TPSA) is 125 Å². The number of benzene rings is 7.